The van der Waals surface area contributed by atoms with Crippen molar-refractivity contribution in [2.75, 3.05) is 0 Å². The van der Waals surface area contributed by atoms with Gasteiger partial charge in [-0.15, -0.1) is 0 Å². The second-order valence-corrected chi connectivity index (χ2v) is 10.1. The highest BCUT2D eigenvalue weighted by Gasteiger charge is 2.58. The lowest BCUT2D eigenvalue weighted by Gasteiger charge is -2.38. The molecule has 3 rings (SSSR count). The van der Waals surface area contributed by atoms with Gasteiger partial charge in [0, 0.05) is 34.1 Å². The normalized spacial score (nSPS) is 22.6. The number of aromatic nitrogens is 2. The topological polar surface area (TPSA) is 122 Å². The van der Waals surface area contributed by atoms with Gasteiger partial charge in [-0.2, -0.15) is 0 Å². The maximum absolute atomic E-state index is 13.0. The van der Waals surface area contributed by atoms with Gasteiger partial charge in [0.15, 0.2) is 0 Å². The summed E-state index contributed by atoms with van der Waals surface area (Å²) in [7, 11) is 0. The predicted octanol–water partition coefficient (Wildman–Crippen LogP) is 3.88. The van der Waals surface area contributed by atoms with E-state index in [-0.39, 0.29) is 6.42 Å². The van der Waals surface area contributed by atoms with Gasteiger partial charge in [-0.05, 0) is 37.3 Å². The minimum atomic E-state index is -1.20. The summed E-state index contributed by atoms with van der Waals surface area (Å²) in [6, 6.07) is 4.02. The lowest BCUT2D eigenvalue weighted by Crippen LogP contribution is -2.49. The summed E-state index contributed by atoms with van der Waals surface area (Å²) in [5, 5.41) is 23.0. The molecule has 1 aliphatic carbocycles. The fourth-order valence-electron chi connectivity index (χ4n) is 4.49. The van der Waals surface area contributed by atoms with Crippen LogP contribution in [0, 0.1) is 16.7 Å². The Morgan fingerprint density at radius 2 is 1.85 bits per heavy atom. The monoisotopic (exact) mass is 495 g/mol. The number of carboxylic acids is 2. The first-order valence-corrected chi connectivity index (χ1v) is 11.3. The molecule has 0 spiro atoms. The predicted molar refractivity (Wildman–Crippen MR) is 123 cm³/mol. The van der Waals surface area contributed by atoms with Crippen molar-refractivity contribution in [2.45, 2.75) is 52.6 Å². The summed E-state index contributed by atoms with van der Waals surface area (Å²) in [4.78, 5) is 40.9. The van der Waals surface area contributed by atoms with Gasteiger partial charge in [0.05, 0.1) is 24.0 Å². The van der Waals surface area contributed by atoms with Crippen LogP contribution in [0.3, 0.4) is 0 Å². The summed E-state index contributed by atoms with van der Waals surface area (Å²) >= 11 is 12.4. The van der Waals surface area contributed by atoms with Gasteiger partial charge >= 0.3 is 11.9 Å². The Labute approximate surface area is 201 Å². The first-order chi connectivity index (χ1) is 15.4. The Kier molecular flexibility index (Phi) is 7.10. The van der Waals surface area contributed by atoms with E-state index >= 15 is 0 Å². The molecule has 2 aromatic rings. The van der Waals surface area contributed by atoms with E-state index in [1.54, 1.807) is 56.1 Å². The molecule has 1 heterocycles. The number of hydrogen-bond acceptors (Lipinski definition) is 4. The molecule has 10 heteroatoms. The third-order valence-corrected chi connectivity index (χ3v) is 7.84. The van der Waals surface area contributed by atoms with Gasteiger partial charge in [0.25, 0.3) is 0 Å². The van der Waals surface area contributed by atoms with Crippen LogP contribution in [0.5, 0.6) is 0 Å². The van der Waals surface area contributed by atoms with Gasteiger partial charge in [-0.3, -0.25) is 9.59 Å². The van der Waals surface area contributed by atoms with E-state index in [4.69, 9.17) is 23.2 Å². The third-order valence-electron chi connectivity index (χ3n) is 7.13. The standard InChI is InChI=1S/C23H27Cl2N3O5/c1-22(2)15(7-8-23(22,3)21(32)33)19(29)27-18(20(30)31)9-13-10-28(12-26-13)11-14-16(24)5-4-6-17(14)25/h4-6,10,12,15,18H,7-9,11H2,1-3H3,(H,27,29)(H,30,31)(H,32,33)/t15-,18+,23+/m1/s1. The average Bonchev–Trinajstić information content (AvgIpc) is 3.26. The number of aliphatic carboxylic acids is 2. The minimum Gasteiger partial charge on any atom is -0.481 e. The molecule has 1 aromatic heterocycles. The number of benzene rings is 1. The van der Waals surface area contributed by atoms with Crippen LogP contribution in [0.15, 0.2) is 30.7 Å². The molecule has 0 aliphatic heterocycles. The van der Waals surface area contributed by atoms with E-state index in [2.05, 4.69) is 10.3 Å². The molecule has 1 fully saturated rings. The summed E-state index contributed by atoms with van der Waals surface area (Å²) in [6.07, 6.45) is 3.94. The van der Waals surface area contributed by atoms with Crippen molar-refractivity contribution < 1.29 is 24.6 Å². The number of nitrogens with zero attached hydrogens (tertiary/aromatic N) is 2. The molecule has 1 amide bonds. The highest BCUT2D eigenvalue weighted by Crippen LogP contribution is 2.56. The van der Waals surface area contributed by atoms with E-state index in [0.29, 0.717) is 35.1 Å². The minimum absolute atomic E-state index is 0.0202. The van der Waals surface area contributed by atoms with Crippen LogP contribution in [-0.4, -0.2) is 43.7 Å². The highest BCUT2D eigenvalue weighted by molar-refractivity contribution is 6.35. The van der Waals surface area contributed by atoms with E-state index in [0.717, 1.165) is 5.56 Å². The molecule has 0 saturated heterocycles. The Morgan fingerprint density at radius 1 is 1.21 bits per heavy atom. The fourth-order valence-corrected chi connectivity index (χ4v) is 5.00. The zero-order chi connectivity index (χ0) is 24.6. The van der Waals surface area contributed by atoms with Gasteiger partial charge in [0.1, 0.15) is 6.04 Å². The van der Waals surface area contributed by atoms with Crippen LogP contribution in [0.2, 0.25) is 10.0 Å². The van der Waals surface area contributed by atoms with Gasteiger partial charge in [-0.25, -0.2) is 9.78 Å². The summed E-state index contributed by atoms with van der Waals surface area (Å²) in [5.41, 5.74) is -0.696. The molecule has 0 bridgehead atoms. The summed E-state index contributed by atoms with van der Waals surface area (Å²) in [6.45, 7) is 5.49. The Morgan fingerprint density at radius 3 is 2.39 bits per heavy atom. The molecule has 3 atom stereocenters. The molecule has 1 aliphatic rings. The number of carbonyl (C=O) groups is 3. The lowest BCUT2D eigenvalue weighted by atomic mass is 9.65. The maximum atomic E-state index is 13.0. The van der Waals surface area contributed by atoms with Crippen molar-refractivity contribution in [3.63, 3.8) is 0 Å². The largest absolute Gasteiger partial charge is 0.481 e. The smallest absolute Gasteiger partial charge is 0.326 e. The van der Waals surface area contributed by atoms with Crippen molar-refractivity contribution in [1.82, 2.24) is 14.9 Å². The van der Waals surface area contributed by atoms with E-state index in [9.17, 15) is 24.6 Å². The molecule has 1 saturated carbocycles. The van der Waals surface area contributed by atoms with Gasteiger partial charge in [0.2, 0.25) is 5.91 Å². The van der Waals surface area contributed by atoms with Gasteiger partial charge < -0.3 is 20.1 Å². The molecule has 0 unspecified atom stereocenters. The second kappa shape index (κ2) is 9.35. The van der Waals surface area contributed by atoms with Gasteiger partial charge in [-0.1, -0.05) is 43.1 Å². The molecule has 178 valence electrons. The third kappa shape index (κ3) is 4.87. The molecular weight excluding hydrogens is 469 g/mol. The zero-order valence-corrected chi connectivity index (χ0v) is 20.2. The molecule has 0 radical (unpaired) electrons. The van der Waals surface area contributed by atoms with Crippen LogP contribution in [0.1, 0.15) is 44.9 Å². The number of rotatable bonds is 8. The molecular formula is C23H27Cl2N3O5. The number of nitrogens with one attached hydrogen (secondary N) is 1. The molecule has 33 heavy (non-hydrogen) atoms. The number of carbonyl (C=O) groups excluding carboxylic acids is 1. The average molecular weight is 496 g/mol. The second-order valence-electron chi connectivity index (χ2n) is 9.29. The summed E-state index contributed by atoms with van der Waals surface area (Å²) in [5.74, 6) is -3.22. The molecule has 1 aromatic carbocycles. The number of imidazole rings is 1. The van der Waals surface area contributed by atoms with Crippen molar-refractivity contribution in [2.24, 2.45) is 16.7 Å². The van der Waals surface area contributed by atoms with E-state index in [1.165, 1.54) is 0 Å². The van der Waals surface area contributed by atoms with Crippen molar-refractivity contribution in [1.29, 1.82) is 0 Å². The summed E-state index contributed by atoms with van der Waals surface area (Å²) < 4.78 is 1.74. The Balaban J connectivity index is 1.71. The van der Waals surface area contributed by atoms with Crippen LogP contribution < -0.4 is 5.32 Å². The van der Waals surface area contributed by atoms with Crippen molar-refractivity contribution in [3.8, 4) is 0 Å². The van der Waals surface area contributed by atoms with E-state index in [1.807, 2.05) is 0 Å². The van der Waals surface area contributed by atoms with Crippen molar-refractivity contribution >= 4 is 41.0 Å². The number of carboxylic acid groups (broad SMARTS) is 2. The number of halogens is 2. The lowest BCUT2D eigenvalue weighted by molar-refractivity contribution is -0.155. The zero-order valence-electron chi connectivity index (χ0n) is 18.6. The maximum Gasteiger partial charge on any atom is 0.326 e. The fraction of sp³-hybridized carbons (Fsp3) is 0.478. The molecule has 8 nitrogen and oxygen atoms in total. The molecule has 3 N–H and O–H groups in total. The van der Waals surface area contributed by atoms with Crippen LogP contribution >= 0.6 is 23.2 Å². The van der Waals surface area contributed by atoms with Crippen LogP contribution in [0.4, 0.5) is 0 Å². The Hall–Kier alpha value is -2.58. The van der Waals surface area contributed by atoms with Crippen LogP contribution in [0.25, 0.3) is 0 Å². The van der Waals surface area contributed by atoms with E-state index < -0.39 is 40.6 Å². The highest BCUT2D eigenvalue weighted by atomic mass is 35.5. The first-order valence-electron chi connectivity index (χ1n) is 10.6. The SMILES string of the molecule is CC1(C)[C@@H](C(=O)N[C@@H](Cc2cn(Cc3c(Cl)cccc3Cl)cn2)C(=O)O)CC[C@@]1(C)C(=O)O. The number of hydrogen-bond donors (Lipinski definition) is 3. The van der Waals surface area contributed by atoms with Crippen molar-refractivity contribution in [3.05, 3.63) is 52.0 Å². The number of amides is 1. The first kappa shape index (κ1) is 25.1. The van der Waals surface area contributed by atoms with Crippen LogP contribution in [-0.2, 0) is 27.3 Å². The Bertz CT molecular complexity index is 1060. The quantitative estimate of drug-likeness (QED) is 0.510.